The van der Waals surface area contributed by atoms with Crippen LogP contribution in [-0.4, -0.2) is 28.9 Å². The second-order valence-electron chi connectivity index (χ2n) is 5.00. The molecular weight excluding hydrogens is 282 g/mol. The first-order valence-corrected chi connectivity index (χ1v) is 7.90. The highest BCUT2D eigenvalue weighted by Crippen LogP contribution is 2.20. The van der Waals surface area contributed by atoms with Crippen molar-refractivity contribution in [2.75, 3.05) is 13.1 Å². The van der Waals surface area contributed by atoms with Gasteiger partial charge < -0.3 is 10.6 Å². The zero-order valence-electron chi connectivity index (χ0n) is 12.5. The van der Waals surface area contributed by atoms with Gasteiger partial charge in [-0.3, -0.25) is 4.79 Å². The van der Waals surface area contributed by atoms with Gasteiger partial charge >= 0.3 is 0 Å². The highest BCUT2D eigenvalue weighted by Gasteiger charge is 2.20. The lowest BCUT2D eigenvalue weighted by molar-refractivity contribution is 0.0746. The molecule has 1 aromatic heterocycles. The Balaban J connectivity index is 2.19. The maximum absolute atomic E-state index is 12.7. The zero-order chi connectivity index (χ0) is 15.2. The van der Waals surface area contributed by atoms with E-state index in [9.17, 15) is 4.79 Å². The summed E-state index contributed by atoms with van der Waals surface area (Å²) in [5, 5.41) is 0.925. The van der Waals surface area contributed by atoms with Crippen molar-refractivity contribution in [2.45, 2.75) is 26.8 Å². The molecule has 0 unspecified atom stereocenters. The molecule has 0 aliphatic rings. The molecule has 0 aliphatic carbocycles. The third-order valence-corrected chi connectivity index (χ3v) is 4.29. The normalized spacial score (nSPS) is 10.6. The maximum Gasteiger partial charge on any atom is 0.266 e. The number of carbonyl (C=O) groups excluding carboxylic acids is 1. The van der Waals surface area contributed by atoms with Gasteiger partial charge in [0.05, 0.1) is 10.7 Å². The Morgan fingerprint density at radius 3 is 2.57 bits per heavy atom. The van der Waals surface area contributed by atoms with Gasteiger partial charge in [0, 0.05) is 13.1 Å². The summed E-state index contributed by atoms with van der Waals surface area (Å²) < 4.78 is 0. The van der Waals surface area contributed by atoms with Crippen LogP contribution in [0.4, 0.5) is 0 Å². The van der Waals surface area contributed by atoms with Crippen LogP contribution in [0.1, 0.15) is 32.4 Å². The van der Waals surface area contributed by atoms with Crippen LogP contribution in [-0.2, 0) is 6.54 Å². The van der Waals surface area contributed by atoms with Crippen molar-refractivity contribution in [2.24, 2.45) is 5.73 Å². The summed E-state index contributed by atoms with van der Waals surface area (Å²) in [5.74, 6) is 0.0513. The Kier molecular flexibility index (Phi) is 5.47. The molecule has 2 rings (SSSR count). The van der Waals surface area contributed by atoms with E-state index in [0.717, 1.165) is 27.6 Å². The summed E-state index contributed by atoms with van der Waals surface area (Å²) in [4.78, 5) is 19.7. The van der Waals surface area contributed by atoms with Crippen molar-refractivity contribution in [3.8, 4) is 0 Å². The molecule has 0 atom stereocenters. The smallest absolute Gasteiger partial charge is 0.266 e. The maximum atomic E-state index is 12.7. The molecular formula is C16H21N3OS. The van der Waals surface area contributed by atoms with Crippen LogP contribution in [0.15, 0.2) is 30.3 Å². The van der Waals surface area contributed by atoms with Crippen molar-refractivity contribution in [3.63, 3.8) is 0 Å². The molecule has 2 N–H and O–H groups in total. The lowest BCUT2D eigenvalue weighted by Gasteiger charge is -2.22. The number of hydrogen-bond acceptors (Lipinski definition) is 4. The number of aromatic nitrogens is 1. The molecule has 0 saturated carbocycles. The Bertz CT molecular complexity index is 595. The molecule has 0 saturated heterocycles. The summed E-state index contributed by atoms with van der Waals surface area (Å²) in [6.07, 6.45) is 0.801. The zero-order valence-corrected chi connectivity index (χ0v) is 13.3. The van der Waals surface area contributed by atoms with Gasteiger partial charge in [0.2, 0.25) is 0 Å². The predicted octanol–water partition coefficient (Wildman–Crippen LogP) is 2.75. The SMILES string of the molecule is Cc1nc(C)c(C(=O)N(CCCN)Cc2ccccc2)s1. The third-order valence-electron chi connectivity index (χ3n) is 3.23. The van der Waals surface area contributed by atoms with Crippen LogP contribution in [0.3, 0.4) is 0 Å². The Morgan fingerprint density at radius 1 is 1.29 bits per heavy atom. The molecule has 0 fully saturated rings. The average molecular weight is 303 g/mol. The van der Waals surface area contributed by atoms with E-state index < -0.39 is 0 Å². The molecule has 0 bridgehead atoms. The summed E-state index contributed by atoms with van der Waals surface area (Å²) in [6, 6.07) is 10.0. The fourth-order valence-electron chi connectivity index (χ4n) is 2.21. The standard InChI is InChI=1S/C16H21N3OS/c1-12-15(21-13(2)18-12)16(20)19(10-6-9-17)11-14-7-4-3-5-8-14/h3-5,7-8H,6,9-11,17H2,1-2H3. The highest BCUT2D eigenvalue weighted by atomic mass is 32.1. The van der Waals surface area contributed by atoms with Crippen molar-refractivity contribution in [1.29, 1.82) is 0 Å². The number of carbonyl (C=O) groups is 1. The van der Waals surface area contributed by atoms with E-state index in [1.165, 1.54) is 11.3 Å². The van der Waals surface area contributed by atoms with E-state index >= 15 is 0 Å². The summed E-state index contributed by atoms with van der Waals surface area (Å²) >= 11 is 1.46. The molecule has 1 amide bonds. The first kappa shape index (κ1) is 15.7. The second-order valence-corrected chi connectivity index (χ2v) is 6.21. The number of thiazole rings is 1. The molecule has 5 heteroatoms. The number of amides is 1. The number of rotatable bonds is 6. The highest BCUT2D eigenvalue weighted by molar-refractivity contribution is 7.13. The van der Waals surface area contributed by atoms with Gasteiger partial charge in [-0.2, -0.15) is 0 Å². The molecule has 112 valence electrons. The van der Waals surface area contributed by atoms with E-state index in [-0.39, 0.29) is 5.91 Å². The molecule has 1 heterocycles. The van der Waals surface area contributed by atoms with Crippen LogP contribution in [0.5, 0.6) is 0 Å². The molecule has 0 spiro atoms. The van der Waals surface area contributed by atoms with Gasteiger partial charge in [-0.25, -0.2) is 4.98 Å². The number of benzene rings is 1. The lowest BCUT2D eigenvalue weighted by Crippen LogP contribution is -2.32. The lowest BCUT2D eigenvalue weighted by atomic mass is 10.2. The Hall–Kier alpha value is -1.72. The average Bonchev–Trinajstić information content (AvgIpc) is 2.82. The summed E-state index contributed by atoms with van der Waals surface area (Å²) in [7, 11) is 0. The van der Waals surface area contributed by atoms with Gasteiger partial charge in [0.1, 0.15) is 4.88 Å². The van der Waals surface area contributed by atoms with Crippen LogP contribution in [0.2, 0.25) is 0 Å². The molecule has 4 nitrogen and oxygen atoms in total. The van der Waals surface area contributed by atoms with Crippen molar-refractivity contribution in [1.82, 2.24) is 9.88 Å². The fourth-order valence-corrected chi connectivity index (χ4v) is 3.10. The minimum absolute atomic E-state index is 0.0513. The molecule has 2 aromatic rings. The van der Waals surface area contributed by atoms with Crippen LogP contribution < -0.4 is 5.73 Å². The predicted molar refractivity (Wildman–Crippen MR) is 86.4 cm³/mol. The van der Waals surface area contributed by atoms with Crippen molar-refractivity contribution < 1.29 is 4.79 Å². The van der Waals surface area contributed by atoms with Gasteiger partial charge in [0.25, 0.3) is 5.91 Å². The number of nitrogens with two attached hydrogens (primary N) is 1. The van der Waals surface area contributed by atoms with Gasteiger partial charge in [-0.15, -0.1) is 11.3 Å². The molecule has 1 aromatic carbocycles. The van der Waals surface area contributed by atoms with Crippen LogP contribution in [0, 0.1) is 13.8 Å². The minimum atomic E-state index is 0.0513. The van der Waals surface area contributed by atoms with Gasteiger partial charge in [0.15, 0.2) is 0 Å². The number of nitrogens with zero attached hydrogens (tertiary/aromatic N) is 2. The van der Waals surface area contributed by atoms with E-state index in [4.69, 9.17) is 5.73 Å². The molecule has 0 radical (unpaired) electrons. The van der Waals surface area contributed by atoms with Crippen molar-refractivity contribution in [3.05, 3.63) is 51.5 Å². The largest absolute Gasteiger partial charge is 0.334 e. The van der Waals surface area contributed by atoms with E-state index in [1.807, 2.05) is 49.1 Å². The van der Waals surface area contributed by atoms with E-state index in [1.54, 1.807) is 0 Å². The van der Waals surface area contributed by atoms with Crippen LogP contribution in [0.25, 0.3) is 0 Å². The molecule has 21 heavy (non-hydrogen) atoms. The first-order valence-electron chi connectivity index (χ1n) is 7.09. The summed E-state index contributed by atoms with van der Waals surface area (Å²) in [5.41, 5.74) is 7.54. The fraction of sp³-hybridized carbons (Fsp3) is 0.375. The second kappa shape index (κ2) is 7.33. The Morgan fingerprint density at radius 2 is 2.00 bits per heavy atom. The first-order chi connectivity index (χ1) is 10.1. The van der Waals surface area contributed by atoms with Gasteiger partial charge in [-0.1, -0.05) is 30.3 Å². The topological polar surface area (TPSA) is 59.2 Å². The van der Waals surface area contributed by atoms with E-state index in [2.05, 4.69) is 4.98 Å². The van der Waals surface area contributed by atoms with Crippen LogP contribution >= 0.6 is 11.3 Å². The number of aryl methyl sites for hydroxylation is 2. The monoisotopic (exact) mass is 303 g/mol. The van der Waals surface area contributed by atoms with Gasteiger partial charge in [-0.05, 0) is 32.4 Å². The number of hydrogen-bond donors (Lipinski definition) is 1. The third kappa shape index (κ3) is 4.12. The summed E-state index contributed by atoms with van der Waals surface area (Å²) in [6.45, 7) is 5.67. The minimum Gasteiger partial charge on any atom is -0.334 e. The molecule has 0 aliphatic heterocycles. The quantitative estimate of drug-likeness (QED) is 0.892. The van der Waals surface area contributed by atoms with Crippen molar-refractivity contribution >= 4 is 17.2 Å². The van der Waals surface area contributed by atoms with E-state index in [0.29, 0.717) is 19.6 Å². The Labute approximate surface area is 129 Å².